The molecule has 3 aromatic carbocycles. The lowest BCUT2D eigenvalue weighted by atomic mass is 10.00. The highest BCUT2D eigenvalue weighted by Gasteiger charge is 2.31. The van der Waals surface area contributed by atoms with E-state index in [1.54, 1.807) is 25.1 Å². The molecule has 9 heteroatoms. The molecule has 4 rings (SSSR count). The van der Waals surface area contributed by atoms with Gasteiger partial charge >= 0.3 is 0 Å². The Kier molecular flexibility index (Phi) is 7.83. The number of aromatic amines is 1. The number of rotatable bonds is 11. The Morgan fingerprint density at radius 1 is 1.00 bits per heavy atom. The van der Waals surface area contributed by atoms with Gasteiger partial charge in [-0.25, -0.2) is 13.8 Å². The lowest BCUT2D eigenvalue weighted by molar-refractivity contribution is -0.125. The summed E-state index contributed by atoms with van der Waals surface area (Å²) in [5.41, 5.74) is 7.22. The van der Waals surface area contributed by atoms with Gasteiger partial charge in [-0.3, -0.25) is 10.2 Å². The van der Waals surface area contributed by atoms with E-state index >= 15 is 0 Å². The number of hydrazine groups is 1. The Bertz CT molecular complexity index is 1480. The number of amides is 1. The molecule has 0 aliphatic heterocycles. The predicted octanol–water partition coefficient (Wildman–Crippen LogP) is 3.45. The van der Waals surface area contributed by atoms with Crippen LogP contribution in [0.25, 0.3) is 21.7 Å². The zero-order valence-electron chi connectivity index (χ0n) is 20.2. The number of sulfonamides is 1. The molecule has 36 heavy (non-hydrogen) atoms. The highest BCUT2D eigenvalue weighted by Crippen LogP contribution is 2.24. The fraction of sp³-hybridized carbons (Fsp3) is 0.259. The van der Waals surface area contributed by atoms with E-state index in [9.17, 15) is 18.0 Å². The van der Waals surface area contributed by atoms with Gasteiger partial charge < -0.3 is 9.78 Å². The van der Waals surface area contributed by atoms with Crippen LogP contribution in [0, 0.1) is 5.92 Å². The Labute approximate surface area is 210 Å². The van der Waals surface area contributed by atoms with Gasteiger partial charge in [-0.15, -0.1) is 0 Å². The van der Waals surface area contributed by atoms with Crippen molar-refractivity contribution in [2.24, 2.45) is 5.92 Å². The summed E-state index contributed by atoms with van der Waals surface area (Å²) in [5, 5.41) is 2.36. The summed E-state index contributed by atoms with van der Waals surface area (Å²) in [7, 11) is -4.01. The molecule has 4 aromatic rings. The van der Waals surface area contributed by atoms with E-state index in [1.165, 1.54) is 6.07 Å². The Balaban J connectivity index is 1.49. The zero-order valence-corrected chi connectivity index (χ0v) is 21.0. The maximum atomic E-state index is 13.3. The Morgan fingerprint density at radius 3 is 2.44 bits per heavy atom. The fourth-order valence-electron chi connectivity index (χ4n) is 4.24. The number of carbonyl (C=O) groups excluding carboxylic acids is 2. The summed E-state index contributed by atoms with van der Waals surface area (Å²) in [6, 6.07) is 18.3. The van der Waals surface area contributed by atoms with Gasteiger partial charge in [0.2, 0.25) is 10.0 Å². The van der Waals surface area contributed by atoms with Gasteiger partial charge in [-0.1, -0.05) is 74.9 Å². The minimum absolute atomic E-state index is 0.111. The van der Waals surface area contributed by atoms with Crippen molar-refractivity contribution >= 4 is 43.9 Å². The Morgan fingerprint density at radius 2 is 1.69 bits per heavy atom. The van der Waals surface area contributed by atoms with Crippen LogP contribution in [0.3, 0.4) is 0 Å². The molecule has 0 aliphatic rings. The van der Waals surface area contributed by atoms with Gasteiger partial charge in [0.15, 0.2) is 0 Å². The van der Waals surface area contributed by atoms with E-state index in [-0.39, 0.29) is 10.8 Å². The van der Waals surface area contributed by atoms with Crippen LogP contribution in [0.1, 0.15) is 25.8 Å². The van der Waals surface area contributed by atoms with Crippen LogP contribution < -0.4 is 15.6 Å². The second kappa shape index (κ2) is 11.0. The van der Waals surface area contributed by atoms with E-state index in [4.69, 9.17) is 0 Å². The van der Waals surface area contributed by atoms with Gasteiger partial charge in [-0.05, 0) is 35.4 Å². The normalized spacial score (nSPS) is 14.4. The van der Waals surface area contributed by atoms with E-state index in [2.05, 4.69) is 20.6 Å². The van der Waals surface area contributed by atoms with Crippen LogP contribution in [0.4, 0.5) is 0 Å². The third-order valence-corrected chi connectivity index (χ3v) is 7.98. The summed E-state index contributed by atoms with van der Waals surface area (Å²) < 4.78 is 29.3. The number of hydrogen-bond donors (Lipinski definition) is 4. The van der Waals surface area contributed by atoms with Crippen LogP contribution in [-0.4, -0.2) is 37.7 Å². The minimum Gasteiger partial charge on any atom is -0.361 e. The molecule has 1 aromatic heterocycles. The van der Waals surface area contributed by atoms with E-state index in [1.807, 2.05) is 55.6 Å². The SMILES string of the molecule is CCC(C)C(NS(=O)(=O)c1cccc2ccccc12)C(=O)NNC(C=O)Cc1c[nH]c2ccccc12. The van der Waals surface area contributed by atoms with Gasteiger partial charge in [0.25, 0.3) is 5.91 Å². The zero-order chi connectivity index (χ0) is 25.7. The van der Waals surface area contributed by atoms with Crippen LogP contribution in [0.2, 0.25) is 0 Å². The summed E-state index contributed by atoms with van der Waals surface area (Å²) in [6.07, 6.45) is 3.48. The topological polar surface area (TPSA) is 120 Å². The lowest BCUT2D eigenvalue weighted by Crippen LogP contribution is -2.56. The van der Waals surface area contributed by atoms with Crippen molar-refractivity contribution in [1.82, 2.24) is 20.6 Å². The van der Waals surface area contributed by atoms with E-state index in [0.29, 0.717) is 18.2 Å². The summed E-state index contributed by atoms with van der Waals surface area (Å²) in [4.78, 5) is 28.2. The molecule has 0 radical (unpaired) electrons. The van der Waals surface area contributed by atoms with E-state index in [0.717, 1.165) is 28.1 Å². The van der Waals surface area contributed by atoms with Crippen molar-refractivity contribution in [2.45, 2.75) is 43.7 Å². The maximum absolute atomic E-state index is 13.3. The average molecular weight is 507 g/mol. The third kappa shape index (κ3) is 5.48. The molecular formula is C27H30N4O4S. The second-order valence-corrected chi connectivity index (χ2v) is 10.6. The van der Waals surface area contributed by atoms with Crippen molar-refractivity contribution in [1.29, 1.82) is 0 Å². The molecule has 4 N–H and O–H groups in total. The number of fused-ring (bicyclic) bond motifs is 2. The molecule has 0 bridgehead atoms. The smallest absolute Gasteiger partial charge is 0.252 e. The number of para-hydroxylation sites is 1. The molecule has 1 amide bonds. The number of aldehydes is 1. The van der Waals surface area contributed by atoms with Gasteiger partial charge in [0, 0.05) is 22.5 Å². The van der Waals surface area contributed by atoms with Crippen molar-refractivity contribution in [3.63, 3.8) is 0 Å². The molecule has 3 unspecified atom stereocenters. The van der Waals surface area contributed by atoms with Crippen molar-refractivity contribution < 1.29 is 18.0 Å². The molecule has 1 heterocycles. The minimum atomic E-state index is -4.01. The van der Waals surface area contributed by atoms with Gasteiger partial charge in [-0.2, -0.15) is 4.72 Å². The monoisotopic (exact) mass is 506 g/mol. The van der Waals surface area contributed by atoms with Crippen molar-refractivity contribution in [3.05, 3.63) is 78.5 Å². The first-order valence-corrected chi connectivity index (χ1v) is 13.4. The largest absolute Gasteiger partial charge is 0.361 e. The van der Waals surface area contributed by atoms with Crippen molar-refractivity contribution in [3.8, 4) is 0 Å². The summed E-state index contributed by atoms with van der Waals surface area (Å²) in [5.74, 6) is -0.848. The number of hydrogen-bond acceptors (Lipinski definition) is 5. The molecule has 0 fully saturated rings. The summed E-state index contributed by atoms with van der Waals surface area (Å²) >= 11 is 0. The molecule has 0 saturated heterocycles. The van der Waals surface area contributed by atoms with Gasteiger partial charge in [0.1, 0.15) is 12.3 Å². The number of nitrogens with one attached hydrogen (secondary N) is 4. The molecular weight excluding hydrogens is 476 g/mol. The molecule has 0 aliphatic carbocycles. The quantitative estimate of drug-likeness (QED) is 0.183. The fourth-order valence-corrected chi connectivity index (χ4v) is 5.77. The maximum Gasteiger partial charge on any atom is 0.252 e. The molecule has 0 saturated carbocycles. The van der Waals surface area contributed by atoms with Crippen molar-refractivity contribution in [2.75, 3.05) is 0 Å². The number of benzene rings is 3. The van der Waals surface area contributed by atoms with Crippen LogP contribution in [-0.2, 0) is 26.0 Å². The number of H-pyrrole nitrogens is 1. The number of carbonyl (C=O) groups is 2. The van der Waals surface area contributed by atoms with Crippen LogP contribution in [0.15, 0.2) is 77.8 Å². The standard InChI is InChI=1S/C27H30N4O4S/c1-3-18(2)26(31-36(34,35)25-14-8-10-19-9-4-5-12-23(19)25)27(33)30-29-21(17-32)15-20-16-28-24-13-7-6-11-22(20)24/h4-14,16-18,21,26,28-29,31H,3,15H2,1-2H3,(H,30,33). The highest BCUT2D eigenvalue weighted by atomic mass is 32.2. The second-order valence-electron chi connectivity index (χ2n) is 8.90. The molecule has 188 valence electrons. The lowest BCUT2D eigenvalue weighted by Gasteiger charge is -2.25. The first kappa shape index (κ1) is 25.6. The number of aromatic nitrogens is 1. The molecule has 8 nitrogen and oxygen atoms in total. The van der Waals surface area contributed by atoms with Crippen LogP contribution >= 0.6 is 0 Å². The third-order valence-electron chi connectivity index (χ3n) is 6.48. The summed E-state index contributed by atoms with van der Waals surface area (Å²) in [6.45, 7) is 3.69. The first-order chi connectivity index (χ1) is 17.3. The van der Waals surface area contributed by atoms with E-state index < -0.39 is 28.0 Å². The highest BCUT2D eigenvalue weighted by molar-refractivity contribution is 7.89. The van der Waals surface area contributed by atoms with Crippen LogP contribution in [0.5, 0.6) is 0 Å². The molecule has 3 atom stereocenters. The molecule has 0 spiro atoms. The Hall–Kier alpha value is -3.53. The first-order valence-electron chi connectivity index (χ1n) is 11.9. The van der Waals surface area contributed by atoms with Gasteiger partial charge in [0.05, 0.1) is 10.9 Å². The average Bonchev–Trinajstić information content (AvgIpc) is 3.31. The predicted molar refractivity (Wildman–Crippen MR) is 141 cm³/mol.